The molecule has 7 atom stereocenters. The fraction of sp³-hybridized carbons (Fsp3) is 0.314. The van der Waals surface area contributed by atoms with Gasteiger partial charge in [0.15, 0.2) is 18.1 Å². The van der Waals surface area contributed by atoms with Crippen molar-refractivity contribution in [3.05, 3.63) is 98.5 Å². The number of methoxy groups -OCH3 is 1. The lowest BCUT2D eigenvalue weighted by molar-refractivity contribution is -0.137. The van der Waals surface area contributed by atoms with E-state index in [4.69, 9.17) is 9.47 Å². The van der Waals surface area contributed by atoms with E-state index in [1.165, 1.54) is 37.1 Å². The molecule has 3 aromatic carbocycles. The number of nitrogens with zero attached hydrogens (tertiary/aromatic N) is 1. The van der Waals surface area contributed by atoms with Crippen LogP contribution in [0.4, 0.5) is 24.5 Å². The zero-order chi connectivity index (χ0) is 34.2. The van der Waals surface area contributed by atoms with E-state index in [1.807, 2.05) is 12.1 Å². The van der Waals surface area contributed by atoms with Gasteiger partial charge in [0, 0.05) is 21.7 Å². The average Bonchev–Trinajstić information content (AvgIpc) is 3.82. The number of hydrogen-bond donors (Lipinski definition) is 2. The highest BCUT2D eigenvalue weighted by Gasteiger charge is 2.70. The number of para-hydroxylation sites is 2. The molecule has 1 aromatic heterocycles. The highest BCUT2D eigenvalue weighted by Crippen LogP contribution is 2.69. The zero-order valence-electron chi connectivity index (χ0n) is 25.7. The first-order chi connectivity index (χ1) is 23.5. The number of anilines is 2. The van der Waals surface area contributed by atoms with Crippen molar-refractivity contribution in [2.75, 3.05) is 23.9 Å². The molecule has 4 aromatic rings. The van der Waals surface area contributed by atoms with Crippen LogP contribution >= 0.6 is 23.1 Å². The largest absolute Gasteiger partial charge is 0.493 e. The number of amides is 3. The van der Waals surface area contributed by atoms with Gasteiger partial charge in [-0.3, -0.25) is 19.2 Å². The number of aromatic amines is 1. The van der Waals surface area contributed by atoms with Gasteiger partial charge in [-0.15, -0.1) is 11.8 Å². The third-order valence-electron chi connectivity index (χ3n) is 10.1. The van der Waals surface area contributed by atoms with Gasteiger partial charge in [0.1, 0.15) is 0 Å². The van der Waals surface area contributed by atoms with Gasteiger partial charge in [0.2, 0.25) is 11.8 Å². The molecule has 0 radical (unpaired) electrons. The molecule has 6 unspecified atom stereocenters. The van der Waals surface area contributed by atoms with Crippen molar-refractivity contribution < 1.29 is 37.0 Å². The number of hydrogen-bond acceptors (Lipinski definition) is 8. The Hall–Kier alpha value is -4.56. The molecule has 1 saturated heterocycles. The monoisotopic (exact) mass is 707 g/mol. The molecule has 3 fully saturated rings. The van der Waals surface area contributed by atoms with Crippen molar-refractivity contribution in [3.63, 3.8) is 0 Å². The fourth-order valence-electron chi connectivity index (χ4n) is 8.39. The summed E-state index contributed by atoms with van der Waals surface area (Å²) in [6.07, 6.45) is -4.17. The number of fused-ring (bicyclic) bond motifs is 9. The lowest BCUT2D eigenvalue weighted by atomic mass is 9.68. The van der Waals surface area contributed by atoms with Gasteiger partial charge in [-0.05, 0) is 66.1 Å². The summed E-state index contributed by atoms with van der Waals surface area (Å²) in [5.74, 6) is -3.48. The van der Waals surface area contributed by atoms with Gasteiger partial charge in [-0.25, -0.2) is 4.90 Å². The number of carbonyl (C=O) groups is 3. The summed E-state index contributed by atoms with van der Waals surface area (Å²) in [7, 11) is 1.48. The number of carbonyl (C=O) groups excluding carboxylic acids is 3. The predicted octanol–water partition coefficient (Wildman–Crippen LogP) is 6.16. The Morgan fingerprint density at radius 2 is 1.67 bits per heavy atom. The van der Waals surface area contributed by atoms with Crippen LogP contribution in [0.2, 0.25) is 0 Å². The lowest BCUT2D eigenvalue weighted by Gasteiger charge is -2.43. The van der Waals surface area contributed by atoms with Gasteiger partial charge < -0.3 is 19.8 Å². The summed E-state index contributed by atoms with van der Waals surface area (Å²) >= 11 is 2.57. The fourth-order valence-corrected chi connectivity index (χ4v) is 11.3. The number of alkyl halides is 3. The molecular formula is C35H28F3N3O6S2. The first kappa shape index (κ1) is 31.7. The second-order valence-corrected chi connectivity index (χ2v) is 14.8. The Balaban J connectivity index is 1.11. The van der Waals surface area contributed by atoms with Crippen molar-refractivity contribution in [2.45, 2.75) is 28.8 Å². The number of halogens is 3. The van der Waals surface area contributed by atoms with Crippen LogP contribution in [0.25, 0.3) is 0 Å². The van der Waals surface area contributed by atoms with Crippen LogP contribution in [0, 0.1) is 29.6 Å². The SMILES string of the molecule is COc1cc([C@H]2c3sc(=O)[nH]c3SC3C4CC(C5C(=O)N(c6ccccc6C(F)(F)F)C(=O)C45)C32)ccc1OCC(=O)Nc1ccccc1. The molecule has 3 heterocycles. The van der Waals surface area contributed by atoms with E-state index in [2.05, 4.69) is 10.3 Å². The Labute approximate surface area is 285 Å². The van der Waals surface area contributed by atoms with E-state index in [-0.39, 0.29) is 46.3 Å². The molecule has 14 heteroatoms. The molecule has 2 saturated carbocycles. The molecule has 49 heavy (non-hydrogen) atoms. The van der Waals surface area contributed by atoms with Crippen LogP contribution in [-0.4, -0.2) is 41.7 Å². The van der Waals surface area contributed by atoms with Crippen LogP contribution in [0.1, 0.15) is 28.3 Å². The summed E-state index contributed by atoms with van der Waals surface area (Å²) in [6.45, 7) is -0.268. The second-order valence-electron chi connectivity index (χ2n) is 12.6. The number of H-pyrrole nitrogens is 1. The molecule has 252 valence electrons. The highest BCUT2D eigenvalue weighted by molar-refractivity contribution is 8.00. The molecule has 2 N–H and O–H groups in total. The van der Waals surface area contributed by atoms with Crippen LogP contribution < -0.4 is 24.6 Å². The quantitative estimate of drug-likeness (QED) is 0.221. The van der Waals surface area contributed by atoms with Crippen molar-refractivity contribution in [2.24, 2.45) is 29.6 Å². The van der Waals surface area contributed by atoms with E-state index in [0.29, 0.717) is 28.6 Å². The maximum absolute atomic E-state index is 14.0. The molecule has 2 aliphatic carbocycles. The summed E-state index contributed by atoms with van der Waals surface area (Å²) in [5, 5.41) is 3.30. The number of benzene rings is 3. The standard InChI is InChI=1S/C35H28F3N3O6S2/c1-46-23-13-16(11-12-22(23)47-15-24(42)39-17-7-3-2-4-8-17)25-26-18-14-19(29(26)48-31-30(25)49-34(45)40-31)28-27(18)32(43)41(33(28)44)21-10-6-5-9-20(21)35(36,37)38/h2-13,18-19,25-29H,14-15H2,1H3,(H,39,42)(H,40,45)/t18?,19?,25-,26?,27?,28?,29?/m1/s1. The van der Waals surface area contributed by atoms with Crippen LogP contribution in [0.5, 0.6) is 11.5 Å². The topological polar surface area (TPSA) is 118 Å². The second kappa shape index (κ2) is 11.8. The van der Waals surface area contributed by atoms with Crippen LogP contribution in [0.15, 0.2) is 82.6 Å². The molecule has 9 nitrogen and oxygen atoms in total. The lowest BCUT2D eigenvalue weighted by Crippen LogP contribution is -2.42. The average molecular weight is 708 g/mol. The smallest absolute Gasteiger partial charge is 0.418 e. The van der Waals surface area contributed by atoms with Crippen LogP contribution in [-0.2, 0) is 20.6 Å². The van der Waals surface area contributed by atoms with Crippen molar-refractivity contribution in [1.82, 2.24) is 4.98 Å². The maximum Gasteiger partial charge on any atom is 0.418 e. The number of rotatable bonds is 7. The normalized spacial score (nSPS) is 26.7. The van der Waals surface area contributed by atoms with Crippen LogP contribution in [0.3, 0.4) is 0 Å². The van der Waals surface area contributed by atoms with E-state index in [9.17, 15) is 32.3 Å². The number of thioether (sulfide) groups is 1. The molecule has 2 bridgehead atoms. The van der Waals surface area contributed by atoms with E-state index >= 15 is 0 Å². The number of aromatic nitrogens is 1. The van der Waals surface area contributed by atoms with Gasteiger partial charge >= 0.3 is 11.0 Å². The number of imide groups is 1. The van der Waals surface area contributed by atoms with Crippen molar-refractivity contribution in [1.29, 1.82) is 0 Å². The molecular weight excluding hydrogens is 680 g/mol. The Morgan fingerprint density at radius 3 is 2.41 bits per heavy atom. The highest BCUT2D eigenvalue weighted by atomic mass is 32.2. The third kappa shape index (κ3) is 5.14. The summed E-state index contributed by atoms with van der Waals surface area (Å²) in [5.41, 5.74) is -0.0369. The zero-order valence-corrected chi connectivity index (χ0v) is 27.4. The number of thiazole rings is 1. The molecule has 8 rings (SSSR count). The van der Waals surface area contributed by atoms with Gasteiger partial charge in [-0.2, -0.15) is 13.2 Å². The Morgan fingerprint density at radius 1 is 0.959 bits per heavy atom. The van der Waals surface area contributed by atoms with E-state index in [0.717, 1.165) is 32.7 Å². The maximum atomic E-state index is 14.0. The summed E-state index contributed by atoms with van der Waals surface area (Å²) in [6, 6.07) is 19.0. The summed E-state index contributed by atoms with van der Waals surface area (Å²) in [4.78, 5) is 57.4. The Bertz CT molecular complexity index is 2050. The minimum atomic E-state index is -4.75. The van der Waals surface area contributed by atoms with Crippen molar-refractivity contribution in [3.8, 4) is 11.5 Å². The van der Waals surface area contributed by atoms with E-state index < -0.39 is 41.1 Å². The molecule has 3 amide bonds. The van der Waals surface area contributed by atoms with Gasteiger partial charge in [0.25, 0.3) is 5.91 Å². The molecule has 0 spiro atoms. The first-order valence-electron chi connectivity index (χ1n) is 15.6. The minimum Gasteiger partial charge on any atom is -0.493 e. The van der Waals surface area contributed by atoms with Crippen molar-refractivity contribution >= 4 is 52.2 Å². The predicted molar refractivity (Wildman–Crippen MR) is 176 cm³/mol. The number of nitrogens with one attached hydrogen (secondary N) is 2. The molecule has 4 aliphatic rings. The summed E-state index contributed by atoms with van der Waals surface area (Å²) < 4.78 is 53.5. The minimum absolute atomic E-state index is 0.160. The molecule has 2 aliphatic heterocycles. The number of ether oxygens (including phenoxy) is 2. The first-order valence-corrected chi connectivity index (χ1v) is 17.3. The Kier molecular flexibility index (Phi) is 7.63. The van der Waals surface area contributed by atoms with Gasteiger partial charge in [0.05, 0.1) is 35.2 Å². The van der Waals surface area contributed by atoms with Gasteiger partial charge in [-0.1, -0.05) is 47.7 Å². The third-order valence-corrected chi connectivity index (χ3v) is 12.7. The van der Waals surface area contributed by atoms with E-state index in [1.54, 1.807) is 36.4 Å².